The van der Waals surface area contributed by atoms with Crippen LogP contribution in [-0.4, -0.2) is 14.7 Å². The fraction of sp³-hybridized carbons (Fsp3) is 0.185. The summed E-state index contributed by atoms with van der Waals surface area (Å²) >= 11 is 12.2. The Balaban J connectivity index is 1.65. The summed E-state index contributed by atoms with van der Waals surface area (Å²) in [4.78, 5) is 6.87. The van der Waals surface area contributed by atoms with Crippen LogP contribution in [0.15, 0.2) is 85.2 Å². The third kappa shape index (κ3) is 4.03. The van der Waals surface area contributed by atoms with Crippen molar-refractivity contribution < 1.29 is 0 Å². The topological polar surface area (TPSA) is 33.1 Å². The fourth-order valence-electron chi connectivity index (χ4n) is 4.47. The lowest BCUT2D eigenvalue weighted by atomic mass is 10.0. The van der Waals surface area contributed by atoms with Gasteiger partial charge in [0.25, 0.3) is 0 Å². The van der Waals surface area contributed by atoms with Crippen LogP contribution < -0.4 is 10.2 Å². The van der Waals surface area contributed by atoms with Crippen LogP contribution in [0.1, 0.15) is 41.5 Å². The normalized spacial score (nSPS) is 17.9. The molecule has 0 amide bonds. The lowest BCUT2D eigenvalue weighted by Crippen LogP contribution is -2.30. The maximum absolute atomic E-state index is 6.31. The third-order valence-electron chi connectivity index (χ3n) is 6.22. The first-order valence-electron chi connectivity index (χ1n) is 11.1. The van der Waals surface area contributed by atoms with Crippen LogP contribution >= 0.6 is 23.8 Å². The first-order chi connectivity index (χ1) is 16.1. The van der Waals surface area contributed by atoms with Crippen molar-refractivity contribution in [1.29, 1.82) is 0 Å². The number of nitrogens with one attached hydrogen (secondary N) is 1. The number of thiocarbonyl (C=S) groups is 1. The smallest absolute Gasteiger partial charge is 0.174 e. The molecule has 0 radical (unpaired) electrons. The molecule has 4 nitrogen and oxygen atoms in total. The van der Waals surface area contributed by atoms with Crippen molar-refractivity contribution in [3.63, 3.8) is 0 Å². The molecule has 1 N–H and O–H groups in total. The van der Waals surface area contributed by atoms with Crippen LogP contribution in [0.2, 0.25) is 5.02 Å². The summed E-state index contributed by atoms with van der Waals surface area (Å²) in [6, 6.07) is 24.8. The Morgan fingerprint density at radius 2 is 1.79 bits per heavy atom. The molecule has 0 saturated carbocycles. The summed E-state index contributed by atoms with van der Waals surface area (Å²) in [6.45, 7) is 4.19. The summed E-state index contributed by atoms with van der Waals surface area (Å²) in [5.74, 6) is 0. The summed E-state index contributed by atoms with van der Waals surface area (Å²) in [5, 5.41) is 5.00. The molecule has 0 bridgehead atoms. The fourth-order valence-corrected chi connectivity index (χ4v) is 4.94. The zero-order valence-electron chi connectivity index (χ0n) is 18.6. The molecule has 166 valence electrons. The second-order valence-electron chi connectivity index (χ2n) is 8.25. The van der Waals surface area contributed by atoms with Gasteiger partial charge in [0.05, 0.1) is 11.7 Å². The quantitative estimate of drug-likeness (QED) is 0.333. The average Bonchev–Trinajstić information content (AvgIpc) is 3.46. The van der Waals surface area contributed by atoms with E-state index in [0.29, 0.717) is 5.11 Å². The molecule has 6 heteroatoms. The van der Waals surface area contributed by atoms with Gasteiger partial charge in [-0.15, -0.1) is 0 Å². The van der Waals surface area contributed by atoms with Gasteiger partial charge in [0.2, 0.25) is 0 Å². The minimum absolute atomic E-state index is 0.0779. The van der Waals surface area contributed by atoms with Gasteiger partial charge < -0.3 is 14.8 Å². The number of halogens is 1. The number of nitrogens with zero attached hydrogens (tertiary/aromatic N) is 3. The number of aryl methyl sites for hydroxylation is 2. The maximum Gasteiger partial charge on any atom is 0.174 e. The summed E-state index contributed by atoms with van der Waals surface area (Å²) < 4.78 is 2.22. The van der Waals surface area contributed by atoms with Crippen LogP contribution in [0.25, 0.3) is 5.69 Å². The van der Waals surface area contributed by atoms with E-state index in [1.165, 1.54) is 5.56 Å². The standard InChI is InChI=1S/C27H25ClN4S/c1-3-19-9-11-20(12-10-19)32-26(25(30-27(32)33)23-7-4-5-15-29-23)24-8-6-16-31(24)21-13-14-22(28)18(2)17-21/h4-17,25-26H,3H2,1-2H3,(H,30,33)/t25-,26+/m0/s1. The minimum atomic E-state index is -0.0911. The molecule has 1 saturated heterocycles. The highest BCUT2D eigenvalue weighted by atomic mass is 35.5. The zero-order valence-corrected chi connectivity index (χ0v) is 20.1. The molecular weight excluding hydrogens is 448 g/mol. The summed E-state index contributed by atoms with van der Waals surface area (Å²) in [6.07, 6.45) is 4.92. The zero-order chi connectivity index (χ0) is 22.9. The van der Waals surface area contributed by atoms with Gasteiger partial charge in [0, 0.05) is 34.5 Å². The van der Waals surface area contributed by atoms with E-state index in [-0.39, 0.29) is 12.1 Å². The van der Waals surface area contributed by atoms with Gasteiger partial charge in [0.1, 0.15) is 6.04 Å². The molecule has 0 unspecified atom stereocenters. The molecule has 1 fully saturated rings. The van der Waals surface area contributed by atoms with Gasteiger partial charge in [0.15, 0.2) is 5.11 Å². The molecule has 1 aliphatic heterocycles. The number of rotatable bonds is 5. The van der Waals surface area contributed by atoms with Crippen molar-refractivity contribution in [2.24, 2.45) is 0 Å². The molecular formula is C27H25ClN4S. The molecule has 0 aliphatic carbocycles. The Hall–Kier alpha value is -3.15. The van der Waals surface area contributed by atoms with Gasteiger partial charge in [-0.05, 0) is 91.3 Å². The summed E-state index contributed by atoms with van der Waals surface area (Å²) in [7, 11) is 0. The van der Waals surface area contributed by atoms with Crippen LogP contribution in [0.3, 0.4) is 0 Å². The van der Waals surface area contributed by atoms with Crippen molar-refractivity contribution in [2.45, 2.75) is 32.4 Å². The lowest BCUT2D eigenvalue weighted by Gasteiger charge is -2.29. The van der Waals surface area contributed by atoms with Crippen LogP contribution in [0, 0.1) is 6.92 Å². The first-order valence-corrected chi connectivity index (χ1v) is 11.9. The van der Waals surface area contributed by atoms with Gasteiger partial charge in [-0.2, -0.15) is 0 Å². The van der Waals surface area contributed by atoms with Crippen LogP contribution in [-0.2, 0) is 6.42 Å². The Bertz CT molecular complexity index is 1280. The summed E-state index contributed by atoms with van der Waals surface area (Å²) in [5.41, 5.74) is 6.55. The van der Waals surface area contributed by atoms with Crippen molar-refractivity contribution >= 4 is 34.6 Å². The molecule has 4 aromatic rings. The van der Waals surface area contributed by atoms with E-state index in [9.17, 15) is 0 Å². The van der Waals surface area contributed by atoms with Crippen molar-refractivity contribution in [3.05, 3.63) is 113 Å². The Kier molecular flexibility index (Phi) is 5.92. The largest absolute Gasteiger partial charge is 0.351 e. The number of benzene rings is 2. The van der Waals surface area contributed by atoms with E-state index in [2.05, 4.69) is 87.5 Å². The maximum atomic E-state index is 6.31. The van der Waals surface area contributed by atoms with Gasteiger partial charge in [-0.3, -0.25) is 4.98 Å². The van der Waals surface area contributed by atoms with Crippen molar-refractivity contribution in [1.82, 2.24) is 14.9 Å². The molecule has 33 heavy (non-hydrogen) atoms. The Morgan fingerprint density at radius 1 is 1.00 bits per heavy atom. The number of anilines is 1. The number of hydrogen-bond acceptors (Lipinski definition) is 2. The molecule has 2 aromatic carbocycles. The van der Waals surface area contributed by atoms with E-state index in [4.69, 9.17) is 23.8 Å². The SMILES string of the molecule is CCc1ccc(N2C(=S)N[C@@H](c3ccccn3)[C@H]2c2cccn2-c2ccc(Cl)c(C)c2)cc1. The third-order valence-corrected chi connectivity index (χ3v) is 6.96. The Labute approximate surface area is 204 Å². The highest BCUT2D eigenvalue weighted by molar-refractivity contribution is 7.80. The second kappa shape index (κ2) is 9.00. The average molecular weight is 473 g/mol. The van der Waals surface area contributed by atoms with E-state index in [1.807, 2.05) is 31.3 Å². The lowest BCUT2D eigenvalue weighted by molar-refractivity contribution is 0.549. The van der Waals surface area contributed by atoms with E-state index >= 15 is 0 Å². The Morgan fingerprint density at radius 3 is 2.48 bits per heavy atom. The number of hydrogen-bond donors (Lipinski definition) is 1. The molecule has 0 spiro atoms. The second-order valence-corrected chi connectivity index (χ2v) is 9.05. The van der Waals surface area contributed by atoms with E-state index in [1.54, 1.807) is 0 Å². The van der Waals surface area contributed by atoms with Crippen LogP contribution in [0.4, 0.5) is 5.69 Å². The van der Waals surface area contributed by atoms with E-state index in [0.717, 1.165) is 39.8 Å². The molecule has 5 rings (SSSR count). The molecule has 1 aliphatic rings. The number of pyridine rings is 1. The monoisotopic (exact) mass is 472 g/mol. The number of aromatic nitrogens is 2. The molecule has 3 heterocycles. The van der Waals surface area contributed by atoms with Crippen molar-refractivity contribution in [3.8, 4) is 5.69 Å². The predicted molar refractivity (Wildman–Crippen MR) is 139 cm³/mol. The highest BCUT2D eigenvalue weighted by Gasteiger charge is 2.42. The van der Waals surface area contributed by atoms with Gasteiger partial charge in [-0.1, -0.05) is 36.7 Å². The van der Waals surface area contributed by atoms with Crippen LogP contribution in [0.5, 0.6) is 0 Å². The highest BCUT2D eigenvalue weighted by Crippen LogP contribution is 2.42. The molecule has 2 atom stereocenters. The van der Waals surface area contributed by atoms with Gasteiger partial charge in [-0.25, -0.2) is 0 Å². The molecule has 2 aromatic heterocycles. The first kappa shape index (κ1) is 21.7. The van der Waals surface area contributed by atoms with Gasteiger partial charge >= 0.3 is 0 Å². The predicted octanol–water partition coefficient (Wildman–Crippen LogP) is 6.57. The minimum Gasteiger partial charge on any atom is -0.351 e. The van der Waals surface area contributed by atoms with E-state index < -0.39 is 0 Å². The van der Waals surface area contributed by atoms with Crippen molar-refractivity contribution in [2.75, 3.05) is 4.90 Å².